The van der Waals surface area contributed by atoms with E-state index in [0.29, 0.717) is 5.75 Å². The molecular formula is C13H15F3N2O2S. The van der Waals surface area contributed by atoms with Crippen molar-refractivity contribution < 1.29 is 22.7 Å². The second-order valence-electron chi connectivity index (χ2n) is 4.76. The first-order valence-corrected chi connectivity index (χ1v) is 7.41. The predicted molar refractivity (Wildman–Crippen MR) is 73.1 cm³/mol. The van der Waals surface area contributed by atoms with Crippen LogP contribution in [0.4, 0.5) is 13.2 Å². The Labute approximate surface area is 124 Å². The largest absolute Gasteiger partial charge is 0.468 e. The van der Waals surface area contributed by atoms with Gasteiger partial charge in [0.2, 0.25) is 11.8 Å². The Morgan fingerprint density at radius 1 is 1.48 bits per heavy atom. The molecule has 116 valence electrons. The zero-order chi connectivity index (χ0) is 15.5. The Balaban J connectivity index is 1.81. The number of nitrogens with zero attached hydrogens (tertiary/aromatic N) is 2. The van der Waals surface area contributed by atoms with Gasteiger partial charge in [-0.25, -0.2) is 4.98 Å². The van der Waals surface area contributed by atoms with Crippen molar-refractivity contribution in [2.24, 2.45) is 0 Å². The topological polar surface area (TPSA) is 42.4 Å². The monoisotopic (exact) mass is 320 g/mol. The van der Waals surface area contributed by atoms with Gasteiger partial charge < -0.3 is 9.64 Å². The molecule has 2 heterocycles. The highest BCUT2D eigenvalue weighted by molar-refractivity contribution is 7.99. The van der Waals surface area contributed by atoms with Gasteiger partial charge in [0.25, 0.3) is 0 Å². The van der Waals surface area contributed by atoms with Crippen molar-refractivity contribution in [1.29, 1.82) is 0 Å². The Morgan fingerprint density at radius 3 is 2.76 bits per heavy atom. The normalized spacial score (nSPS) is 19.1. The molecule has 1 aliphatic heterocycles. The van der Waals surface area contributed by atoms with E-state index in [9.17, 15) is 18.0 Å². The zero-order valence-electron chi connectivity index (χ0n) is 11.4. The second kappa shape index (κ2) is 6.55. The summed E-state index contributed by atoms with van der Waals surface area (Å²) < 4.78 is 40.5. The minimum atomic E-state index is -4.37. The number of aromatic nitrogens is 1. The number of alkyl halides is 3. The molecule has 1 saturated heterocycles. The lowest BCUT2D eigenvalue weighted by Gasteiger charge is -2.10. The van der Waals surface area contributed by atoms with Gasteiger partial charge in [0.15, 0.2) is 6.61 Å². The smallest absolute Gasteiger partial charge is 0.422 e. The van der Waals surface area contributed by atoms with Crippen LogP contribution < -0.4 is 4.74 Å². The van der Waals surface area contributed by atoms with Crippen LogP contribution in [0.5, 0.6) is 5.88 Å². The molecule has 1 amide bonds. The number of hydrogen-bond acceptors (Lipinski definition) is 4. The summed E-state index contributed by atoms with van der Waals surface area (Å²) in [6.45, 7) is -0.587. The highest BCUT2D eigenvalue weighted by Gasteiger charge is 2.29. The number of rotatable bonds is 5. The summed E-state index contributed by atoms with van der Waals surface area (Å²) in [5, 5.41) is -0.0452. The molecule has 2 rings (SSSR count). The second-order valence-corrected chi connectivity index (χ2v) is 5.95. The first kappa shape index (κ1) is 15.9. The molecule has 0 spiro atoms. The number of pyridine rings is 1. The van der Waals surface area contributed by atoms with Crippen molar-refractivity contribution in [3.8, 4) is 5.88 Å². The van der Waals surface area contributed by atoms with Crippen LogP contribution in [-0.4, -0.2) is 47.4 Å². The Morgan fingerprint density at radius 2 is 2.24 bits per heavy atom. The first-order chi connectivity index (χ1) is 9.85. The van der Waals surface area contributed by atoms with E-state index in [1.807, 2.05) is 0 Å². The van der Waals surface area contributed by atoms with Gasteiger partial charge in [-0.05, 0) is 12.0 Å². The molecule has 0 aromatic carbocycles. The van der Waals surface area contributed by atoms with Gasteiger partial charge in [0.1, 0.15) is 0 Å². The maximum Gasteiger partial charge on any atom is 0.422 e. The average molecular weight is 320 g/mol. The number of likely N-dealkylation sites (tertiary alicyclic amines) is 1. The highest BCUT2D eigenvalue weighted by atomic mass is 32.2. The lowest BCUT2D eigenvalue weighted by atomic mass is 10.3. The van der Waals surface area contributed by atoms with E-state index >= 15 is 0 Å². The van der Waals surface area contributed by atoms with Crippen molar-refractivity contribution in [2.45, 2.75) is 23.6 Å². The molecule has 0 bridgehead atoms. The molecular weight excluding hydrogens is 305 g/mol. The molecule has 8 heteroatoms. The molecule has 4 nitrogen and oxygen atoms in total. The third-order valence-electron chi connectivity index (χ3n) is 3.01. The van der Waals surface area contributed by atoms with E-state index in [1.54, 1.807) is 18.0 Å². The van der Waals surface area contributed by atoms with E-state index < -0.39 is 12.8 Å². The Bertz CT molecular complexity index is 493. The number of halogens is 3. The van der Waals surface area contributed by atoms with Gasteiger partial charge in [0, 0.05) is 31.6 Å². The van der Waals surface area contributed by atoms with E-state index in [1.165, 1.54) is 24.0 Å². The summed E-state index contributed by atoms with van der Waals surface area (Å²) in [4.78, 5) is 17.3. The van der Waals surface area contributed by atoms with Crippen LogP contribution in [0.3, 0.4) is 0 Å². The molecule has 1 aromatic heterocycles. The number of ether oxygens (including phenoxy) is 1. The average Bonchev–Trinajstić information content (AvgIpc) is 2.75. The van der Waals surface area contributed by atoms with Crippen LogP contribution in [0.2, 0.25) is 0 Å². The molecule has 0 saturated carbocycles. The molecule has 1 aromatic rings. The molecule has 0 unspecified atom stereocenters. The molecule has 21 heavy (non-hydrogen) atoms. The standard InChI is InChI=1S/C13H15F3N2O2S/c1-18-5-4-10(12(18)19)21-7-9-2-3-11(17-6-9)20-8-13(14,15)16/h2-3,6,10H,4-5,7-8H2,1H3/t10-/m0/s1. The molecule has 0 aliphatic carbocycles. The Kier molecular flexibility index (Phi) is 4.97. The number of amides is 1. The fourth-order valence-electron chi connectivity index (χ4n) is 1.88. The fraction of sp³-hybridized carbons (Fsp3) is 0.538. The van der Waals surface area contributed by atoms with E-state index in [4.69, 9.17) is 0 Å². The van der Waals surface area contributed by atoms with Gasteiger partial charge in [0.05, 0.1) is 5.25 Å². The quantitative estimate of drug-likeness (QED) is 0.836. The number of hydrogen-bond donors (Lipinski definition) is 0. The summed E-state index contributed by atoms with van der Waals surface area (Å²) in [6, 6.07) is 3.07. The maximum atomic E-state index is 12.0. The van der Waals surface area contributed by atoms with E-state index in [-0.39, 0.29) is 17.0 Å². The van der Waals surface area contributed by atoms with Crippen LogP contribution >= 0.6 is 11.8 Å². The summed E-state index contributed by atoms with van der Waals surface area (Å²) in [6.07, 6.45) is -2.08. The number of carbonyl (C=O) groups excluding carboxylic acids is 1. The minimum Gasteiger partial charge on any atom is -0.468 e. The molecule has 1 fully saturated rings. The van der Waals surface area contributed by atoms with Crippen molar-refractivity contribution in [2.75, 3.05) is 20.2 Å². The van der Waals surface area contributed by atoms with Gasteiger partial charge in [-0.2, -0.15) is 13.2 Å². The van der Waals surface area contributed by atoms with Gasteiger partial charge in [-0.15, -0.1) is 11.8 Å². The molecule has 0 N–H and O–H groups in total. The maximum absolute atomic E-state index is 12.0. The van der Waals surface area contributed by atoms with Crippen molar-refractivity contribution >= 4 is 17.7 Å². The number of carbonyl (C=O) groups is 1. The minimum absolute atomic E-state index is 0.0452. The zero-order valence-corrected chi connectivity index (χ0v) is 12.2. The van der Waals surface area contributed by atoms with Gasteiger partial charge in [-0.1, -0.05) is 6.07 Å². The SMILES string of the molecule is CN1CC[C@H](SCc2ccc(OCC(F)(F)F)nc2)C1=O. The van der Waals surface area contributed by atoms with Crippen molar-refractivity contribution in [1.82, 2.24) is 9.88 Å². The summed E-state index contributed by atoms with van der Waals surface area (Å²) >= 11 is 1.52. The summed E-state index contributed by atoms with van der Waals surface area (Å²) in [7, 11) is 1.78. The van der Waals surface area contributed by atoms with Crippen molar-refractivity contribution in [3.63, 3.8) is 0 Å². The summed E-state index contributed by atoms with van der Waals surface area (Å²) in [5.41, 5.74) is 0.849. The third kappa shape index (κ3) is 4.80. The van der Waals surface area contributed by atoms with Crippen LogP contribution in [0.25, 0.3) is 0 Å². The molecule has 1 aliphatic rings. The van der Waals surface area contributed by atoms with Crippen LogP contribution in [-0.2, 0) is 10.5 Å². The van der Waals surface area contributed by atoms with Gasteiger partial charge in [-0.3, -0.25) is 4.79 Å². The third-order valence-corrected chi connectivity index (χ3v) is 4.35. The number of thioether (sulfide) groups is 1. The molecule has 0 radical (unpaired) electrons. The first-order valence-electron chi connectivity index (χ1n) is 6.36. The lowest BCUT2D eigenvalue weighted by Crippen LogP contribution is -2.23. The molecule has 1 atom stereocenters. The van der Waals surface area contributed by atoms with Gasteiger partial charge >= 0.3 is 6.18 Å². The summed E-state index contributed by atoms with van der Waals surface area (Å²) in [5.74, 6) is 0.660. The van der Waals surface area contributed by atoms with Crippen LogP contribution in [0.15, 0.2) is 18.3 Å². The predicted octanol–water partition coefficient (Wildman–Crippen LogP) is 2.49. The van der Waals surface area contributed by atoms with Crippen LogP contribution in [0.1, 0.15) is 12.0 Å². The van der Waals surface area contributed by atoms with E-state index in [2.05, 4.69) is 9.72 Å². The van der Waals surface area contributed by atoms with Crippen LogP contribution in [0, 0.1) is 0 Å². The van der Waals surface area contributed by atoms with E-state index in [0.717, 1.165) is 18.5 Å². The highest BCUT2D eigenvalue weighted by Crippen LogP contribution is 2.26. The Hall–Kier alpha value is -1.44. The lowest BCUT2D eigenvalue weighted by molar-refractivity contribution is -0.154. The van der Waals surface area contributed by atoms with Crippen molar-refractivity contribution in [3.05, 3.63) is 23.9 Å². The fourth-order valence-corrected chi connectivity index (χ4v) is 3.04.